The van der Waals surface area contributed by atoms with Crippen LogP contribution in [0.15, 0.2) is 22.5 Å². The monoisotopic (exact) mass is 311 g/mol. The van der Waals surface area contributed by atoms with Crippen LogP contribution in [0.4, 0.5) is 0 Å². The Labute approximate surface area is 133 Å². The number of rotatable bonds is 10. The van der Waals surface area contributed by atoms with E-state index in [4.69, 9.17) is 4.74 Å². The fraction of sp³-hybridized carbons (Fsp3) is 0.688. The fourth-order valence-corrected chi connectivity index (χ4v) is 2.45. The van der Waals surface area contributed by atoms with Crippen LogP contribution >= 0.6 is 11.3 Å². The third kappa shape index (κ3) is 9.47. The predicted molar refractivity (Wildman–Crippen MR) is 92.3 cm³/mol. The topological polar surface area (TPSA) is 45.7 Å². The number of ether oxygens (including phenoxy) is 1. The van der Waals surface area contributed by atoms with E-state index in [2.05, 4.69) is 53.9 Å². The first-order valence-corrected chi connectivity index (χ1v) is 8.72. The van der Waals surface area contributed by atoms with Crippen molar-refractivity contribution in [3.63, 3.8) is 0 Å². The van der Waals surface area contributed by atoms with Crippen molar-refractivity contribution in [1.29, 1.82) is 0 Å². The molecule has 0 bridgehead atoms. The molecule has 0 fully saturated rings. The zero-order chi connectivity index (χ0) is 15.3. The molecule has 1 heterocycles. The first-order chi connectivity index (χ1) is 10.2. The van der Waals surface area contributed by atoms with Crippen molar-refractivity contribution in [3.8, 4) is 0 Å². The van der Waals surface area contributed by atoms with Gasteiger partial charge in [-0.3, -0.25) is 4.99 Å². The van der Waals surface area contributed by atoms with Gasteiger partial charge in [-0.05, 0) is 37.1 Å². The summed E-state index contributed by atoms with van der Waals surface area (Å²) in [5.41, 5.74) is 0. The molecule has 120 valence electrons. The van der Waals surface area contributed by atoms with E-state index in [-0.39, 0.29) is 0 Å². The molecule has 2 N–H and O–H groups in total. The van der Waals surface area contributed by atoms with E-state index >= 15 is 0 Å². The average Bonchev–Trinajstić information content (AvgIpc) is 2.95. The second-order valence-corrected chi connectivity index (χ2v) is 6.34. The summed E-state index contributed by atoms with van der Waals surface area (Å²) in [6, 6.07) is 4.26. The van der Waals surface area contributed by atoms with Crippen LogP contribution in [0.2, 0.25) is 0 Å². The molecule has 0 aromatic carbocycles. The van der Waals surface area contributed by atoms with Gasteiger partial charge >= 0.3 is 0 Å². The summed E-state index contributed by atoms with van der Waals surface area (Å²) in [5.74, 6) is 1.58. The van der Waals surface area contributed by atoms with Crippen LogP contribution in [0.5, 0.6) is 0 Å². The van der Waals surface area contributed by atoms with Crippen molar-refractivity contribution in [2.24, 2.45) is 10.9 Å². The Morgan fingerprint density at radius 2 is 2.19 bits per heavy atom. The Bertz CT molecular complexity index is 377. The highest BCUT2D eigenvalue weighted by molar-refractivity contribution is 7.09. The van der Waals surface area contributed by atoms with Gasteiger partial charge in [-0.2, -0.15) is 0 Å². The molecule has 0 saturated carbocycles. The number of guanidine groups is 1. The van der Waals surface area contributed by atoms with Gasteiger partial charge in [-0.1, -0.05) is 19.9 Å². The molecule has 4 nitrogen and oxygen atoms in total. The van der Waals surface area contributed by atoms with E-state index < -0.39 is 0 Å². The van der Waals surface area contributed by atoms with Gasteiger partial charge in [0.2, 0.25) is 0 Å². The highest BCUT2D eigenvalue weighted by Gasteiger charge is 1.98. The minimum atomic E-state index is 0.689. The van der Waals surface area contributed by atoms with E-state index in [1.165, 1.54) is 4.88 Å². The summed E-state index contributed by atoms with van der Waals surface area (Å²) < 4.78 is 5.58. The highest BCUT2D eigenvalue weighted by Crippen LogP contribution is 2.07. The van der Waals surface area contributed by atoms with Gasteiger partial charge in [0, 0.05) is 24.6 Å². The lowest BCUT2D eigenvalue weighted by Crippen LogP contribution is -2.38. The number of hydrogen-bond acceptors (Lipinski definition) is 3. The van der Waals surface area contributed by atoms with Crippen molar-refractivity contribution < 1.29 is 4.74 Å². The Morgan fingerprint density at radius 3 is 2.86 bits per heavy atom. The Balaban J connectivity index is 2.16. The van der Waals surface area contributed by atoms with E-state index in [1.807, 2.05) is 0 Å². The molecule has 0 radical (unpaired) electrons. The van der Waals surface area contributed by atoms with Crippen LogP contribution in [0, 0.1) is 5.92 Å². The number of nitrogens with one attached hydrogen (secondary N) is 2. The molecule has 0 saturated heterocycles. The molecule has 0 atom stereocenters. The van der Waals surface area contributed by atoms with Crippen LogP contribution in [-0.2, 0) is 11.2 Å². The van der Waals surface area contributed by atoms with E-state index in [0.717, 1.165) is 38.5 Å². The summed E-state index contributed by atoms with van der Waals surface area (Å²) in [6.07, 6.45) is 2.15. The van der Waals surface area contributed by atoms with E-state index in [1.54, 1.807) is 11.3 Å². The predicted octanol–water partition coefficient (Wildman–Crippen LogP) is 2.91. The molecule has 0 aliphatic carbocycles. The van der Waals surface area contributed by atoms with Crippen LogP contribution in [0.25, 0.3) is 0 Å². The van der Waals surface area contributed by atoms with Gasteiger partial charge < -0.3 is 15.4 Å². The second kappa shape index (κ2) is 11.6. The van der Waals surface area contributed by atoms with Crippen LogP contribution in [0.3, 0.4) is 0 Å². The Morgan fingerprint density at radius 1 is 1.33 bits per heavy atom. The number of hydrogen-bond donors (Lipinski definition) is 2. The fourth-order valence-electron chi connectivity index (χ4n) is 1.74. The molecule has 0 amide bonds. The van der Waals surface area contributed by atoms with E-state index in [9.17, 15) is 0 Å². The summed E-state index contributed by atoms with van der Waals surface area (Å²) in [5, 5.41) is 8.73. The number of nitrogens with zero attached hydrogens (tertiary/aromatic N) is 1. The summed E-state index contributed by atoms with van der Waals surface area (Å²) in [7, 11) is 0. The molecule has 0 spiro atoms. The van der Waals surface area contributed by atoms with Crippen LogP contribution in [0.1, 0.15) is 32.1 Å². The molecule has 0 unspecified atom stereocenters. The summed E-state index contributed by atoms with van der Waals surface area (Å²) in [6.45, 7) is 10.5. The maximum absolute atomic E-state index is 5.58. The molecule has 0 aliphatic rings. The molecular weight excluding hydrogens is 282 g/mol. The smallest absolute Gasteiger partial charge is 0.191 e. The maximum atomic E-state index is 5.58. The zero-order valence-corrected chi connectivity index (χ0v) is 14.3. The molecular formula is C16H29N3OS. The number of aliphatic imine (C=N–C) groups is 1. The van der Waals surface area contributed by atoms with E-state index in [0.29, 0.717) is 19.1 Å². The van der Waals surface area contributed by atoms with Gasteiger partial charge in [-0.25, -0.2) is 0 Å². The summed E-state index contributed by atoms with van der Waals surface area (Å²) >= 11 is 1.80. The average molecular weight is 311 g/mol. The second-order valence-electron chi connectivity index (χ2n) is 5.31. The van der Waals surface area contributed by atoms with Gasteiger partial charge in [-0.15, -0.1) is 11.3 Å². The highest BCUT2D eigenvalue weighted by atomic mass is 32.1. The van der Waals surface area contributed by atoms with Gasteiger partial charge in [0.15, 0.2) is 5.96 Å². The third-order valence-corrected chi connectivity index (χ3v) is 3.87. The Kier molecular flexibility index (Phi) is 9.91. The first kappa shape index (κ1) is 18.0. The lowest BCUT2D eigenvalue weighted by atomic mass is 10.1. The zero-order valence-electron chi connectivity index (χ0n) is 13.5. The van der Waals surface area contributed by atoms with Crippen molar-refractivity contribution >= 4 is 17.3 Å². The molecule has 21 heavy (non-hydrogen) atoms. The number of thiophene rings is 1. The normalized spacial score (nSPS) is 11.9. The lowest BCUT2D eigenvalue weighted by Gasteiger charge is -2.11. The summed E-state index contributed by atoms with van der Waals surface area (Å²) in [4.78, 5) is 5.92. The largest absolute Gasteiger partial charge is 0.380 e. The third-order valence-electron chi connectivity index (χ3n) is 2.93. The van der Waals surface area contributed by atoms with Crippen LogP contribution in [-0.4, -0.2) is 38.8 Å². The van der Waals surface area contributed by atoms with Gasteiger partial charge in [0.05, 0.1) is 13.2 Å². The van der Waals surface area contributed by atoms with Crippen molar-refractivity contribution in [2.75, 3.05) is 32.8 Å². The van der Waals surface area contributed by atoms with Gasteiger partial charge in [0.1, 0.15) is 0 Å². The minimum Gasteiger partial charge on any atom is -0.380 e. The lowest BCUT2D eigenvalue weighted by molar-refractivity contribution is 0.130. The minimum absolute atomic E-state index is 0.689. The molecule has 1 rings (SSSR count). The van der Waals surface area contributed by atoms with Gasteiger partial charge in [0.25, 0.3) is 0 Å². The van der Waals surface area contributed by atoms with Crippen LogP contribution < -0.4 is 10.6 Å². The molecule has 5 heteroatoms. The van der Waals surface area contributed by atoms with Crippen molar-refractivity contribution in [2.45, 2.75) is 33.6 Å². The Hall–Kier alpha value is -1.07. The standard InChI is InChI=1S/C16H29N3OS/c1-4-17-16(18-9-7-15-6-5-13-21-15)19-10-12-20-11-8-14(2)3/h5-6,13-14H,4,7-12H2,1-3H3,(H2,17,18,19). The quantitative estimate of drug-likeness (QED) is 0.397. The molecule has 1 aromatic heterocycles. The molecule has 0 aliphatic heterocycles. The first-order valence-electron chi connectivity index (χ1n) is 7.84. The van der Waals surface area contributed by atoms with Crippen molar-refractivity contribution in [3.05, 3.63) is 22.4 Å². The SMILES string of the molecule is CCNC(=NCCOCCC(C)C)NCCc1cccs1. The maximum Gasteiger partial charge on any atom is 0.191 e. The molecule has 1 aromatic rings. The van der Waals surface area contributed by atoms with Crippen molar-refractivity contribution in [1.82, 2.24) is 10.6 Å².